The molecule has 0 bridgehead atoms. The van der Waals surface area contributed by atoms with Gasteiger partial charge in [-0.3, -0.25) is 9.67 Å². The maximum absolute atomic E-state index is 12.8. The molecule has 5 nitrogen and oxygen atoms in total. The summed E-state index contributed by atoms with van der Waals surface area (Å²) in [6.45, 7) is 4.75. The highest BCUT2D eigenvalue weighted by atomic mass is 32.2. The van der Waals surface area contributed by atoms with E-state index in [2.05, 4.69) is 27.6 Å². The third-order valence-corrected chi connectivity index (χ3v) is 4.69. The number of nitrogens with one attached hydrogen (secondary N) is 2. The van der Waals surface area contributed by atoms with E-state index in [4.69, 9.17) is 0 Å². The maximum Gasteiger partial charge on any atom is 0.190 e. The zero-order chi connectivity index (χ0) is 17.9. The highest BCUT2D eigenvalue weighted by Crippen LogP contribution is 2.18. The predicted molar refractivity (Wildman–Crippen MR) is 102 cm³/mol. The van der Waals surface area contributed by atoms with Crippen LogP contribution in [-0.4, -0.2) is 41.6 Å². The molecule has 0 amide bonds. The molecule has 7 heteroatoms. The molecular formula is C18H26FN5S. The van der Waals surface area contributed by atoms with E-state index < -0.39 is 0 Å². The Bertz CT molecular complexity index is 627. The van der Waals surface area contributed by atoms with Crippen LogP contribution in [0.25, 0.3) is 0 Å². The standard InChI is InChI=1S/C18H26FN5S/c1-15(14-24-11-3-10-23-24)13-22-18(20-2)21-9-4-12-25-17-7-5-16(19)6-8-17/h3,5-8,10-11,15H,4,9,12-14H2,1-2H3,(H2,20,21,22). The van der Waals surface area contributed by atoms with Crippen molar-refractivity contribution < 1.29 is 4.39 Å². The lowest BCUT2D eigenvalue weighted by atomic mass is 10.2. The van der Waals surface area contributed by atoms with Crippen LogP contribution in [0.5, 0.6) is 0 Å². The molecule has 2 N–H and O–H groups in total. The van der Waals surface area contributed by atoms with Crippen molar-refractivity contribution >= 4 is 17.7 Å². The Morgan fingerprint density at radius 1 is 1.32 bits per heavy atom. The third-order valence-electron chi connectivity index (χ3n) is 3.60. The van der Waals surface area contributed by atoms with Crippen molar-refractivity contribution in [2.24, 2.45) is 10.9 Å². The fourth-order valence-corrected chi connectivity index (χ4v) is 3.14. The van der Waals surface area contributed by atoms with Gasteiger partial charge in [-0.15, -0.1) is 11.8 Å². The Balaban J connectivity index is 1.57. The van der Waals surface area contributed by atoms with Gasteiger partial charge in [0.25, 0.3) is 0 Å². The summed E-state index contributed by atoms with van der Waals surface area (Å²) in [5.74, 6) is 2.06. The van der Waals surface area contributed by atoms with Gasteiger partial charge < -0.3 is 10.6 Å². The molecule has 2 aromatic rings. The summed E-state index contributed by atoms with van der Waals surface area (Å²) in [6.07, 6.45) is 4.78. The SMILES string of the molecule is CN=C(NCCCSc1ccc(F)cc1)NCC(C)Cn1cccn1. The number of aliphatic imine (C=N–C) groups is 1. The van der Waals surface area contributed by atoms with E-state index in [1.807, 2.05) is 29.1 Å². The van der Waals surface area contributed by atoms with Crippen LogP contribution in [0, 0.1) is 11.7 Å². The maximum atomic E-state index is 12.8. The molecule has 0 fully saturated rings. The molecule has 25 heavy (non-hydrogen) atoms. The molecule has 0 aliphatic rings. The largest absolute Gasteiger partial charge is 0.356 e. The Morgan fingerprint density at radius 2 is 2.12 bits per heavy atom. The Morgan fingerprint density at radius 3 is 2.80 bits per heavy atom. The molecule has 0 aliphatic heterocycles. The van der Waals surface area contributed by atoms with Crippen molar-refractivity contribution in [3.8, 4) is 0 Å². The summed E-state index contributed by atoms with van der Waals surface area (Å²) in [7, 11) is 1.78. The second-order valence-corrected chi connectivity index (χ2v) is 7.04. The summed E-state index contributed by atoms with van der Waals surface area (Å²) in [5, 5.41) is 10.9. The summed E-state index contributed by atoms with van der Waals surface area (Å²) >= 11 is 1.73. The van der Waals surface area contributed by atoms with E-state index in [-0.39, 0.29) is 5.82 Å². The second kappa shape index (κ2) is 10.8. The van der Waals surface area contributed by atoms with Gasteiger partial charge in [0.2, 0.25) is 0 Å². The Kier molecular flexibility index (Phi) is 8.31. The molecule has 0 aliphatic carbocycles. The summed E-state index contributed by atoms with van der Waals surface area (Å²) < 4.78 is 14.8. The van der Waals surface area contributed by atoms with Gasteiger partial charge in [0, 0.05) is 44.0 Å². The van der Waals surface area contributed by atoms with E-state index in [1.165, 1.54) is 12.1 Å². The van der Waals surface area contributed by atoms with Gasteiger partial charge in [-0.25, -0.2) is 4.39 Å². The first-order valence-corrected chi connectivity index (χ1v) is 9.46. The number of guanidine groups is 1. The molecular weight excluding hydrogens is 337 g/mol. The molecule has 136 valence electrons. The molecule has 0 saturated heterocycles. The monoisotopic (exact) mass is 363 g/mol. The van der Waals surface area contributed by atoms with E-state index in [0.29, 0.717) is 5.92 Å². The number of hydrogen-bond acceptors (Lipinski definition) is 3. The number of nitrogens with zero attached hydrogens (tertiary/aromatic N) is 3. The first-order valence-electron chi connectivity index (χ1n) is 8.47. The summed E-state index contributed by atoms with van der Waals surface area (Å²) in [6, 6.07) is 8.56. The van der Waals surface area contributed by atoms with Crippen LogP contribution in [-0.2, 0) is 6.54 Å². The van der Waals surface area contributed by atoms with Crippen molar-refractivity contribution in [3.63, 3.8) is 0 Å². The predicted octanol–water partition coefficient (Wildman–Crippen LogP) is 3.01. The fraction of sp³-hybridized carbons (Fsp3) is 0.444. The zero-order valence-electron chi connectivity index (χ0n) is 14.8. The second-order valence-electron chi connectivity index (χ2n) is 5.87. The van der Waals surface area contributed by atoms with Crippen LogP contribution >= 0.6 is 11.8 Å². The van der Waals surface area contributed by atoms with E-state index in [0.717, 1.165) is 42.7 Å². The summed E-state index contributed by atoms with van der Waals surface area (Å²) in [5.41, 5.74) is 0. The van der Waals surface area contributed by atoms with Gasteiger partial charge in [-0.05, 0) is 48.4 Å². The fourth-order valence-electron chi connectivity index (χ4n) is 2.28. The smallest absolute Gasteiger partial charge is 0.190 e. The third kappa shape index (κ3) is 7.60. The van der Waals surface area contributed by atoms with Crippen LogP contribution in [0.3, 0.4) is 0 Å². The lowest BCUT2D eigenvalue weighted by Crippen LogP contribution is -2.40. The summed E-state index contributed by atoms with van der Waals surface area (Å²) in [4.78, 5) is 5.34. The van der Waals surface area contributed by atoms with Gasteiger partial charge in [-0.1, -0.05) is 6.92 Å². The topological polar surface area (TPSA) is 54.2 Å². The van der Waals surface area contributed by atoms with E-state index in [9.17, 15) is 4.39 Å². The molecule has 1 unspecified atom stereocenters. The normalized spacial score (nSPS) is 12.8. The minimum absolute atomic E-state index is 0.192. The van der Waals surface area contributed by atoms with Crippen LogP contribution in [0.4, 0.5) is 4.39 Å². The molecule has 0 spiro atoms. The minimum atomic E-state index is -0.192. The lowest BCUT2D eigenvalue weighted by Gasteiger charge is -2.16. The number of halogens is 1. The molecule has 2 rings (SSSR count). The van der Waals surface area contributed by atoms with Crippen molar-refractivity contribution in [2.45, 2.75) is 24.8 Å². The lowest BCUT2D eigenvalue weighted by molar-refractivity contribution is 0.443. The molecule has 1 atom stereocenters. The van der Waals surface area contributed by atoms with Crippen molar-refractivity contribution in [3.05, 3.63) is 48.5 Å². The quantitative estimate of drug-likeness (QED) is 0.311. The van der Waals surface area contributed by atoms with Gasteiger partial charge in [0.05, 0.1) is 0 Å². The average Bonchev–Trinajstić information content (AvgIpc) is 3.12. The number of hydrogen-bond donors (Lipinski definition) is 2. The molecule has 1 aromatic carbocycles. The molecule has 0 saturated carbocycles. The number of thioether (sulfide) groups is 1. The van der Waals surface area contributed by atoms with Crippen molar-refractivity contribution in [2.75, 3.05) is 25.9 Å². The van der Waals surface area contributed by atoms with Gasteiger partial charge in [-0.2, -0.15) is 5.10 Å². The molecule has 1 heterocycles. The molecule has 1 aromatic heterocycles. The van der Waals surface area contributed by atoms with Crippen LogP contribution in [0.1, 0.15) is 13.3 Å². The van der Waals surface area contributed by atoms with Crippen molar-refractivity contribution in [1.29, 1.82) is 0 Å². The number of benzene rings is 1. The highest BCUT2D eigenvalue weighted by molar-refractivity contribution is 7.99. The highest BCUT2D eigenvalue weighted by Gasteiger charge is 2.05. The van der Waals surface area contributed by atoms with E-state index >= 15 is 0 Å². The molecule has 0 radical (unpaired) electrons. The van der Waals surface area contributed by atoms with Gasteiger partial charge in [0.15, 0.2) is 5.96 Å². The van der Waals surface area contributed by atoms with Gasteiger partial charge >= 0.3 is 0 Å². The van der Waals surface area contributed by atoms with Crippen LogP contribution in [0.15, 0.2) is 52.6 Å². The van der Waals surface area contributed by atoms with Gasteiger partial charge in [0.1, 0.15) is 5.82 Å². The zero-order valence-corrected chi connectivity index (χ0v) is 15.6. The first-order chi connectivity index (χ1) is 12.2. The Labute approximate surface area is 153 Å². The van der Waals surface area contributed by atoms with E-state index in [1.54, 1.807) is 25.0 Å². The average molecular weight is 364 g/mol. The Hall–Kier alpha value is -2.02. The minimum Gasteiger partial charge on any atom is -0.356 e. The van der Waals surface area contributed by atoms with Crippen molar-refractivity contribution in [1.82, 2.24) is 20.4 Å². The number of aromatic nitrogens is 2. The number of rotatable bonds is 9. The first kappa shape index (κ1) is 19.3. The van der Waals surface area contributed by atoms with Crippen LogP contribution < -0.4 is 10.6 Å². The van der Waals surface area contributed by atoms with Crippen LogP contribution in [0.2, 0.25) is 0 Å².